The molecule has 0 unspecified atom stereocenters. The molecule has 0 bridgehead atoms. The lowest BCUT2D eigenvalue weighted by Gasteiger charge is -2.06. The smallest absolute Gasteiger partial charge is 0.224 e. The Morgan fingerprint density at radius 2 is 1.80 bits per heavy atom. The van der Waals surface area contributed by atoms with Crippen LogP contribution in [0.4, 0.5) is 5.69 Å². The molecular weight excluding hydrogens is 334 g/mol. The van der Waals surface area contributed by atoms with Gasteiger partial charge in [-0.15, -0.1) is 11.3 Å². The van der Waals surface area contributed by atoms with Crippen LogP contribution in [0.1, 0.15) is 17.0 Å². The molecule has 0 fully saturated rings. The summed E-state index contributed by atoms with van der Waals surface area (Å²) in [7, 11) is 1.61. The first-order valence-corrected chi connectivity index (χ1v) is 8.89. The van der Waals surface area contributed by atoms with Gasteiger partial charge in [-0.3, -0.25) is 9.59 Å². The summed E-state index contributed by atoms with van der Waals surface area (Å²) in [6, 6.07) is 15.3. The number of aryl methyl sites for hydroxylation is 1. The zero-order valence-corrected chi connectivity index (χ0v) is 14.7. The number of nitrogens with zero attached hydrogens (tertiary/aromatic N) is 1. The molecule has 2 N–H and O–H groups in total. The number of fused-ring (bicyclic) bond motifs is 1. The average Bonchev–Trinajstić information content (AvgIpc) is 3.04. The van der Waals surface area contributed by atoms with Crippen LogP contribution >= 0.6 is 11.3 Å². The Kier molecular flexibility index (Phi) is 5.40. The van der Waals surface area contributed by atoms with Crippen molar-refractivity contribution in [2.24, 2.45) is 0 Å². The van der Waals surface area contributed by atoms with Gasteiger partial charge in [-0.1, -0.05) is 24.3 Å². The van der Waals surface area contributed by atoms with Gasteiger partial charge in [0.1, 0.15) is 0 Å². The molecule has 0 radical (unpaired) electrons. The van der Waals surface area contributed by atoms with E-state index in [0.717, 1.165) is 26.5 Å². The molecule has 2 aromatic carbocycles. The van der Waals surface area contributed by atoms with Crippen LogP contribution in [0.3, 0.4) is 0 Å². The van der Waals surface area contributed by atoms with Crippen molar-refractivity contribution in [1.29, 1.82) is 0 Å². The Morgan fingerprint density at radius 3 is 2.52 bits per heavy atom. The summed E-state index contributed by atoms with van der Waals surface area (Å²) in [6.07, 6.45) is 1.35. The molecule has 0 aliphatic rings. The molecule has 0 atom stereocenters. The number of hydrogen-bond donors (Lipinski definition) is 2. The molecule has 128 valence electrons. The summed E-state index contributed by atoms with van der Waals surface area (Å²) in [5.41, 5.74) is 2.62. The van der Waals surface area contributed by atoms with E-state index in [1.807, 2.05) is 48.5 Å². The van der Waals surface area contributed by atoms with Gasteiger partial charge in [0.25, 0.3) is 0 Å². The number of carbonyl (C=O) groups excluding carboxylic acids is 2. The molecule has 5 nitrogen and oxygen atoms in total. The van der Waals surface area contributed by atoms with Crippen LogP contribution in [0.2, 0.25) is 0 Å². The highest BCUT2D eigenvalue weighted by Crippen LogP contribution is 2.22. The topological polar surface area (TPSA) is 71.1 Å². The predicted molar refractivity (Wildman–Crippen MR) is 101 cm³/mol. The second-order valence-electron chi connectivity index (χ2n) is 5.67. The number of carbonyl (C=O) groups is 2. The van der Waals surface area contributed by atoms with Crippen LogP contribution < -0.4 is 10.6 Å². The van der Waals surface area contributed by atoms with Crippen molar-refractivity contribution in [3.8, 4) is 0 Å². The summed E-state index contributed by atoms with van der Waals surface area (Å²) in [5.74, 6) is -0.0778. The molecule has 2 amide bonds. The molecule has 0 spiro atoms. The minimum atomic E-state index is -0.0432. The Balaban J connectivity index is 1.52. The first kappa shape index (κ1) is 17.1. The van der Waals surface area contributed by atoms with E-state index in [0.29, 0.717) is 19.3 Å². The maximum absolute atomic E-state index is 12.1. The van der Waals surface area contributed by atoms with Crippen molar-refractivity contribution < 1.29 is 9.59 Å². The van der Waals surface area contributed by atoms with Gasteiger partial charge >= 0.3 is 0 Å². The van der Waals surface area contributed by atoms with Gasteiger partial charge in [-0.25, -0.2) is 4.98 Å². The molecule has 1 aromatic heterocycles. The SMILES string of the molecule is CNC(=O)Cc1ccc(NC(=O)CCc2nc3ccccc3s2)cc1. The second-order valence-corrected chi connectivity index (χ2v) is 6.79. The van der Waals surface area contributed by atoms with Gasteiger partial charge in [-0.2, -0.15) is 0 Å². The Hall–Kier alpha value is -2.73. The Morgan fingerprint density at radius 1 is 1.04 bits per heavy atom. The fourth-order valence-corrected chi connectivity index (χ4v) is 3.42. The van der Waals surface area contributed by atoms with E-state index in [1.165, 1.54) is 0 Å². The minimum absolute atomic E-state index is 0.0346. The lowest BCUT2D eigenvalue weighted by molar-refractivity contribution is -0.120. The zero-order chi connectivity index (χ0) is 17.6. The second kappa shape index (κ2) is 7.90. The summed E-state index contributed by atoms with van der Waals surface area (Å²) < 4.78 is 1.14. The number of hydrogen-bond acceptors (Lipinski definition) is 4. The number of thiazole rings is 1. The number of rotatable bonds is 6. The number of benzene rings is 2. The van der Waals surface area contributed by atoms with Crippen molar-refractivity contribution in [2.45, 2.75) is 19.3 Å². The average molecular weight is 353 g/mol. The van der Waals surface area contributed by atoms with Gasteiger partial charge in [0.15, 0.2) is 0 Å². The molecule has 0 aliphatic heterocycles. The third-order valence-corrected chi connectivity index (χ3v) is 4.88. The van der Waals surface area contributed by atoms with E-state index >= 15 is 0 Å². The summed E-state index contributed by atoms with van der Waals surface area (Å²) in [4.78, 5) is 28.0. The van der Waals surface area contributed by atoms with Crippen LogP contribution in [-0.4, -0.2) is 23.8 Å². The van der Waals surface area contributed by atoms with Crippen LogP contribution in [0.5, 0.6) is 0 Å². The molecule has 3 aromatic rings. The summed E-state index contributed by atoms with van der Waals surface area (Å²) in [5, 5.41) is 6.44. The van der Waals surface area contributed by atoms with E-state index in [-0.39, 0.29) is 11.8 Å². The Labute approximate surface area is 150 Å². The predicted octanol–water partition coefficient (Wildman–Crippen LogP) is 3.16. The standard InChI is InChI=1S/C19H19N3O2S/c1-20-18(24)12-13-6-8-14(9-7-13)21-17(23)10-11-19-22-15-4-2-3-5-16(15)25-19/h2-9H,10-12H2,1H3,(H,20,24)(H,21,23). The van der Waals surface area contributed by atoms with Crippen molar-refractivity contribution in [2.75, 3.05) is 12.4 Å². The number of likely N-dealkylation sites (N-methyl/N-ethyl adjacent to an activating group) is 1. The van der Waals surface area contributed by atoms with E-state index in [9.17, 15) is 9.59 Å². The van der Waals surface area contributed by atoms with E-state index in [4.69, 9.17) is 0 Å². The number of aromatic nitrogens is 1. The van der Waals surface area contributed by atoms with Crippen LogP contribution in [-0.2, 0) is 22.4 Å². The van der Waals surface area contributed by atoms with E-state index in [2.05, 4.69) is 15.6 Å². The van der Waals surface area contributed by atoms with Gasteiger partial charge in [0.05, 0.1) is 21.6 Å². The first-order chi connectivity index (χ1) is 12.1. The lowest BCUT2D eigenvalue weighted by Crippen LogP contribution is -2.19. The molecule has 3 rings (SSSR count). The summed E-state index contributed by atoms with van der Waals surface area (Å²) >= 11 is 1.63. The van der Waals surface area contributed by atoms with Crippen LogP contribution in [0, 0.1) is 0 Å². The summed E-state index contributed by atoms with van der Waals surface area (Å²) in [6.45, 7) is 0. The van der Waals surface area contributed by atoms with Gasteiger partial charge in [0, 0.05) is 25.6 Å². The fourth-order valence-electron chi connectivity index (χ4n) is 2.45. The van der Waals surface area contributed by atoms with Crippen molar-refractivity contribution in [3.63, 3.8) is 0 Å². The zero-order valence-electron chi connectivity index (χ0n) is 13.9. The number of anilines is 1. The monoisotopic (exact) mass is 353 g/mol. The Bertz CT molecular complexity index is 854. The first-order valence-electron chi connectivity index (χ1n) is 8.08. The largest absolute Gasteiger partial charge is 0.359 e. The number of amides is 2. The molecule has 0 aliphatic carbocycles. The van der Waals surface area contributed by atoms with Gasteiger partial charge in [0.2, 0.25) is 11.8 Å². The fraction of sp³-hybridized carbons (Fsp3) is 0.211. The molecular formula is C19H19N3O2S. The van der Waals surface area contributed by atoms with Gasteiger partial charge in [-0.05, 0) is 29.8 Å². The minimum Gasteiger partial charge on any atom is -0.359 e. The maximum Gasteiger partial charge on any atom is 0.224 e. The lowest BCUT2D eigenvalue weighted by atomic mass is 10.1. The molecule has 6 heteroatoms. The third-order valence-electron chi connectivity index (χ3n) is 3.79. The molecule has 0 saturated heterocycles. The van der Waals surface area contributed by atoms with Crippen molar-refractivity contribution in [1.82, 2.24) is 10.3 Å². The van der Waals surface area contributed by atoms with Crippen molar-refractivity contribution >= 4 is 39.1 Å². The number of nitrogens with one attached hydrogen (secondary N) is 2. The third kappa shape index (κ3) is 4.64. The molecule has 1 heterocycles. The van der Waals surface area contributed by atoms with Crippen molar-refractivity contribution in [3.05, 3.63) is 59.1 Å². The normalized spacial score (nSPS) is 10.6. The van der Waals surface area contributed by atoms with Gasteiger partial charge < -0.3 is 10.6 Å². The highest BCUT2D eigenvalue weighted by molar-refractivity contribution is 7.18. The highest BCUT2D eigenvalue weighted by atomic mass is 32.1. The maximum atomic E-state index is 12.1. The highest BCUT2D eigenvalue weighted by Gasteiger charge is 2.08. The number of para-hydroxylation sites is 1. The van der Waals surface area contributed by atoms with Crippen LogP contribution in [0.15, 0.2) is 48.5 Å². The van der Waals surface area contributed by atoms with Crippen LogP contribution in [0.25, 0.3) is 10.2 Å². The molecule has 0 saturated carbocycles. The quantitative estimate of drug-likeness (QED) is 0.715. The van der Waals surface area contributed by atoms with E-state index in [1.54, 1.807) is 18.4 Å². The molecule has 25 heavy (non-hydrogen) atoms. The van der Waals surface area contributed by atoms with E-state index < -0.39 is 0 Å².